The second-order valence-electron chi connectivity index (χ2n) is 5.97. The molecule has 0 aliphatic rings. The molecule has 3 aromatic rings. The summed E-state index contributed by atoms with van der Waals surface area (Å²) in [6, 6.07) is 12.0. The lowest BCUT2D eigenvalue weighted by Crippen LogP contribution is -2.15. The normalized spacial score (nSPS) is 11.6. The molecule has 2 aromatic carbocycles. The number of ether oxygens (including phenoxy) is 2. The maximum absolute atomic E-state index is 12.6. The lowest BCUT2D eigenvalue weighted by molar-refractivity contribution is 0.353. The van der Waals surface area contributed by atoms with Gasteiger partial charge in [-0.25, -0.2) is 16.8 Å². The SMILES string of the molecule is COc1cc(NS(=O)(=O)c2ccc(NS(=O)(=O)c3ccc(Cl)cc3)cc2)nc(OC)n1. The van der Waals surface area contributed by atoms with Crippen LogP contribution in [0, 0.1) is 0 Å². The van der Waals surface area contributed by atoms with E-state index in [-0.39, 0.29) is 33.2 Å². The van der Waals surface area contributed by atoms with E-state index in [4.69, 9.17) is 21.1 Å². The van der Waals surface area contributed by atoms with Crippen LogP contribution < -0.4 is 18.9 Å². The summed E-state index contributed by atoms with van der Waals surface area (Å²) in [5, 5.41) is 0.403. The van der Waals surface area contributed by atoms with Gasteiger partial charge in [0.2, 0.25) is 5.88 Å². The first kappa shape index (κ1) is 22.6. The number of anilines is 2. The standard InChI is InChI=1S/C18H17ClN4O6S2/c1-28-17-11-16(20-18(21-17)29-2)23-31(26,27)15-9-5-13(6-10-15)22-30(24,25)14-7-3-12(19)4-8-14/h3-11,22H,1-2H3,(H,20,21,23). The number of aromatic nitrogens is 2. The van der Waals surface area contributed by atoms with Gasteiger partial charge in [-0.05, 0) is 48.5 Å². The van der Waals surface area contributed by atoms with E-state index in [0.717, 1.165) is 0 Å². The number of nitrogens with one attached hydrogen (secondary N) is 2. The van der Waals surface area contributed by atoms with E-state index < -0.39 is 20.0 Å². The van der Waals surface area contributed by atoms with Crippen molar-refractivity contribution in [3.63, 3.8) is 0 Å². The Morgan fingerprint density at radius 1 is 0.774 bits per heavy atom. The number of methoxy groups -OCH3 is 2. The van der Waals surface area contributed by atoms with Gasteiger partial charge < -0.3 is 9.47 Å². The molecule has 164 valence electrons. The zero-order chi connectivity index (χ0) is 22.6. The maximum atomic E-state index is 12.6. The summed E-state index contributed by atoms with van der Waals surface area (Å²) in [7, 11) is -5.19. The predicted molar refractivity (Wildman–Crippen MR) is 115 cm³/mol. The van der Waals surface area contributed by atoms with Crippen molar-refractivity contribution in [3.05, 3.63) is 59.6 Å². The molecule has 1 aromatic heterocycles. The van der Waals surface area contributed by atoms with Gasteiger partial charge >= 0.3 is 6.01 Å². The van der Waals surface area contributed by atoms with Gasteiger partial charge in [-0.2, -0.15) is 9.97 Å². The van der Waals surface area contributed by atoms with Gasteiger partial charge in [0.05, 0.1) is 24.0 Å². The molecule has 0 atom stereocenters. The molecule has 0 saturated carbocycles. The van der Waals surface area contributed by atoms with E-state index in [9.17, 15) is 16.8 Å². The Morgan fingerprint density at radius 2 is 1.32 bits per heavy atom. The van der Waals surface area contributed by atoms with Crippen LogP contribution in [0.2, 0.25) is 5.02 Å². The van der Waals surface area contributed by atoms with Crippen molar-refractivity contribution in [2.75, 3.05) is 23.7 Å². The molecule has 0 amide bonds. The number of hydrogen-bond donors (Lipinski definition) is 2. The Hall–Kier alpha value is -3.09. The third-order valence-electron chi connectivity index (χ3n) is 3.85. The Bertz CT molecular complexity index is 1260. The van der Waals surface area contributed by atoms with Crippen LogP contribution in [0.25, 0.3) is 0 Å². The van der Waals surface area contributed by atoms with Gasteiger partial charge in [-0.15, -0.1) is 0 Å². The molecular formula is C18H17ClN4O6S2. The molecule has 0 saturated heterocycles. The van der Waals surface area contributed by atoms with E-state index >= 15 is 0 Å². The van der Waals surface area contributed by atoms with E-state index in [1.165, 1.54) is 68.8 Å². The van der Waals surface area contributed by atoms with Crippen LogP contribution >= 0.6 is 11.6 Å². The first-order valence-electron chi connectivity index (χ1n) is 8.51. The molecule has 0 bridgehead atoms. The van der Waals surface area contributed by atoms with Crippen molar-refractivity contribution in [3.8, 4) is 11.9 Å². The molecule has 0 aliphatic carbocycles. The fourth-order valence-corrected chi connectivity index (χ4v) is 4.56. The molecule has 1 heterocycles. The molecule has 31 heavy (non-hydrogen) atoms. The molecule has 0 spiro atoms. The maximum Gasteiger partial charge on any atom is 0.321 e. The molecule has 0 aliphatic heterocycles. The van der Waals surface area contributed by atoms with E-state index in [1.807, 2.05) is 0 Å². The average Bonchev–Trinajstić information content (AvgIpc) is 2.73. The van der Waals surface area contributed by atoms with Crippen LogP contribution in [0.15, 0.2) is 64.4 Å². The summed E-state index contributed by atoms with van der Waals surface area (Å²) >= 11 is 5.77. The van der Waals surface area contributed by atoms with Crippen molar-refractivity contribution >= 4 is 43.2 Å². The monoisotopic (exact) mass is 484 g/mol. The fourth-order valence-electron chi connectivity index (χ4n) is 2.38. The molecule has 0 fully saturated rings. The fraction of sp³-hybridized carbons (Fsp3) is 0.111. The van der Waals surface area contributed by atoms with Crippen molar-refractivity contribution in [1.29, 1.82) is 0 Å². The molecule has 0 unspecified atom stereocenters. The van der Waals surface area contributed by atoms with Crippen LogP contribution in [-0.4, -0.2) is 41.0 Å². The van der Waals surface area contributed by atoms with Crippen molar-refractivity contribution in [1.82, 2.24) is 9.97 Å². The van der Waals surface area contributed by atoms with Crippen molar-refractivity contribution in [2.45, 2.75) is 9.79 Å². The minimum absolute atomic E-state index is 0.0157. The van der Waals surface area contributed by atoms with Crippen molar-refractivity contribution < 1.29 is 26.3 Å². The van der Waals surface area contributed by atoms with E-state index in [2.05, 4.69) is 19.4 Å². The van der Waals surface area contributed by atoms with Gasteiger partial charge in [0.15, 0.2) is 5.82 Å². The Labute approximate surface area is 184 Å². The number of rotatable bonds is 8. The summed E-state index contributed by atoms with van der Waals surface area (Å²) in [5.74, 6) is 0.0488. The topological polar surface area (TPSA) is 137 Å². The first-order valence-corrected chi connectivity index (χ1v) is 11.9. The van der Waals surface area contributed by atoms with Gasteiger partial charge in [0.25, 0.3) is 20.0 Å². The summed E-state index contributed by atoms with van der Waals surface area (Å²) in [6.07, 6.45) is 0. The number of sulfonamides is 2. The highest BCUT2D eigenvalue weighted by Gasteiger charge is 2.18. The Kier molecular flexibility index (Phi) is 6.53. The minimum Gasteiger partial charge on any atom is -0.481 e. The van der Waals surface area contributed by atoms with Crippen LogP contribution in [0.4, 0.5) is 11.5 Å². The highest BCUT2D eigenvalue weighted by molar-refractivity contribution is 7.93. The number of hydrogen-bond acceptors (Lipinski definition) is 8. The summed E-state index contributed by atoms with van der Waals surface area (Å²) in [4.78, 5) is 7.70. The number of benzene rings is 2. The van der Waals surface area contributed by atoms with Crippen LogP contribution in [0.1, 0.15) is 0 Å². The lowest BCUT2D eigenvalue weighted by atomic mass is 10.3. The summed E-state index contributed by atoms with van der Waals surface area (Å²) in [6.45, 7) is 0. The number of halogens is 1. The summed E-state index contributed by atoms with van der Waals surface area (Å²) in [5.41, 5.74) is 0.180. The van der Waals surface area contributed by atoms with Crippen LogP contribution in [-0.2, 0) is 20.0 Å². The highest BCUT2D eigenvalue weighted by Crippen LogP contribution is 2.23. The first-order chi connectivity index (χ1) is 14.6. The van der Waals surface area contributed by atoms with Gasteiger partial charge in [-0.3, -0.25) is 9.44 Å². The highest BCUT2D eigenvalue weighted by atomic mass is 35.5. The van der Waals surface area contributed by atoms with E-state index in [1.54, 1.807) is 0 Å². The third kappa shape index (κ3) is 5.54. The molecule has 0 radical (unpaired) electrons. The average molecular weight is 485 g/mol. The molecular weight excluding hydrogens is 468 g/mol. The van der Waals surface area contributed by atoms with Crippen molar-refractivity contribution in [2.24, 2.45) is 0 Å². The second-order valence-corrected chi connectivity index (χ2v) is 9.77. The molecule has 13 heteroatoms. The number of nitrogens with zero attached hydrogens (tertiary/aromatic N) is 2. The zero-order valence-corrected chi connectivity index (χ0v) is 18.6. The zero-order valence-electron chi connectivity index (χ0n) is 16.2. The Morgan fingerprint density at radius 3 is 1.87 bits per heavy atom. The Balaban J connectivity index is 1.79. The minimum atomic E-state index is -4.02. The smallest absolute Gasteiger partial charge is 0.321 e. The second kappa shape index (κ2) is 8.96. The molecule has 2 N–H and O–H groups in total. The van der Waals surface area contributed by atoms with Crippen LogP contribution in [0.5, 0.6) is 11.9 Å². The van der Waals surface area contributed by atoms with Gasteiger partial charge in [0.1, 0.15) is 0 Å². The third-order valence-corrected chi connectivity index (χ3v) is 6.87. The molecule has 3 rings (SSSR count). The van der Waals surface area contributed by atoms with Gasteiger partial charge in [0, 0.05) is 16.8 Å². The van der Waals surface area contributed by atoms with Gasteiger partial charge in [-0.1, -0.05) is 11.6 Å². The molecule has 10 nitrogen and oxygen atoms in total. The predicted octanol–water partition coefficient (Wildman–Crippen LogP) is 2.75. The largest absolute Gasteiger partial charge is 0.481 e. The van der Waals surface area contributed by atoms with E-state index in [0.29, 0.717) is 5.02 Å². The summed E-state index contributed by atoms with van der Waals surface area (Å²) < 4.78 is 64.7. The quantitative estimate of drug-likeness (QED) is 0.498. The van der Waals surface area contributed by atoms with Crippen LogP contribution in [0.3, 0.4) is 0 Å². The lowest BCUT2D eigenvalue weighted by Gasteiger charge is -2.11.